The molecular formula is C5H14N2O2. The lowest BCUT2D eigenvalue weighted by molar-refractivity contribution is 0.124. The molecule has 0 rings (SSSR count). The Morgan fingerprint density at radius 3 is 2.89 bits per heavy atom. The van der Waals surface area contributed by atoms with E-state index in [-0.39, 0.29) is 6.54 Å². The number of hydrogen-bond donors (Lipinski definition) is 3. The molecule has 0 aromatic heterocycles. The largest absolute Gasteiger partial charge is 0.383 e. The Balaban J connectivity index is 2.88. The highest BCUT2D eigenvalue weighted by molar-refractivity contribution is 4.51. The van der Waals surface area contributed by atoms with Gasteiger partial charge in [0.05, 0.1) is 6.61 Å². The molecule has 4 N–H and O–H groups in total. The summed E-state index contributed by atoms with van der Waals surface area (Å²) in [6.45, 7) is 1.47. The average Bonchev–Trinajstić information content (AvgIpc) is 1.89. The van der Waals surface area contributed by atoms with Crippen LogP contribution in [-0.2, 0) is 4.74 Å². The maximum atomic E-state index is 8.79. The molecule has 0 saturated carbocycles. The molecule has 1 unspecified atom stereocenters. The minimum atomic E-state index is -0.597. The fourth-order valence-electron chi connectivity index (χ4n) is 0.411. The van der Waals surface area contributed by atoms with Gasteiger partial charge in [-0.1, -0.05) is 0 Å². The Hall–Kier alpha value is -0.160. The number of aliphatic hydroxyl groups excluding tert-OH is 1. The Kier molecular flexibility index (Phi) is 5.86. The van der Waals surface area contributed by atoms with Crippen LogP contribution in [0.4, 0.5) is 0 Å². The quantitative estimate of drug-likeness (QED) is 0.316. The third kappa shape index (κ3) is 5.72. The highest BCUT2D eigenvalue weighted by atomic mass is 16.5. The highest BCUT2D eigenvalue weighted by Crippen LogP contribution is 1.69. The lowest BCUT2D eigenvalue weighted by Gasteiger charge is -2.08. The topological polar surface area (TPSA) is 67.5 Å². The van der Waals surface area contributed by atoms with Gasteiger partial charge in [-0.2, -0.15) is 0 Å². The molecular weight excluding hydrogens is 120 g/mol. The SMILES string of the molecule is COCCNC(O)CN. The smallest absolute Gasteiger partial charge is 0.117 e. The van der Waals surface area contributed by atoms with Crippen LogP contribution in [0.1, 0.15) is 0 Å². The van der Waals surface area contributed by atoms with Gasteiger partial charge in [-0.25, -0.2) is 0 Å². The monoisotopic (exact) mass is 134 g/mol. The average molecular weight is 134 g/mol. The second-order valence-corrected chi connectivity index (χ2v) is 1.70. The first-order chi connectivity index (χ1) is 4.31. The van der Waals surface area contributed by atoms with Crippen molar-refractivity contribution in [1.82, 2.24) is 5.32 Å². The molecule has 0 saturated heterocycles. The van der Waals surface area contributed by atoms with E-state index in [0.29, 0.717) is 13.2 Å². The zero-order valence-corrected chi connectivity index (χ0v) is 5.63. The number of hydrogen-bond acceptors (Lipinski definition) is 4. The molecule has 0 heterocycles. The lowest BCUT2D eigenvalue weighted by atomic mass is 10.5. The molecule has 0 bridgehead atoms. The first kappa shape index (κ1) is 8.84. The van der Waals surface area contributed by atoms with Crippen molar-refractivity contribution in [3.05, 3.63) is 0 Å². The summed E-state index contributed by atoms with van der Waals surface area (Å²) in [7, 11) is 1.61. The van der Waals surface area contributed by atoms with E-state index in [4.69, 9.17) is 15.6 Å². The van der Waals surface area contributed by atoms with Gasteiger partial charge in [-0.15, -0.1) is 0 Å². The van der Waals surface area contributed by atoms with Crippen LogP contribution in [0.3, 0.4) is 0 Å². The molecule has 1 atom stereocenters. The van der Waals surface area contributed by atoms with E-state index in [0.717, 1.165) is 0 Å². The van der Waals surface area contributed by atoms with E-state index in [2.05, 4.69) is 5.32 Å². The van der Waals surface area contributed by atoms with Crippen molar-refractivity contribution >= 4 is 0 Å². The molecule has 0 aliphatic carbocycles. The van der Waals surface area contributed by atoms with Gasteiger partial charge in [-0.05, 0) is 0 Å². The fraction of sp³-hybridized carbons (Fsp3) is 1.00. The molecule has 0 radical (unpaired) electrons. The molecule has 0 amide bonds. The predicted molar refractivity (Wildman–Crippen MR) is 34.9 cm³/mol. The zero-order valence-electron chi connectivity index (χ0n) is 5.63. The summed E-state index contributed by atoms with van der Waals surface area (Å²) in [5.74, 6) is 0. The van der Waals surface area contributed by atoms with E-state index in [1.807, 2.05) is 0 Å². The van der Waals surface area contributed by atoms with E-state index in [1.54, 1.807) is 7.11 Å². The van der Waals surface area contributed by atoms with Crippen molar-refractivity contribution in [2.75, 3.05) is 26.8 Å². The molecule has 0 aromatic carbocycles. The molecule has 9 heavy (non-hydrogen) atoms. The summed E-state index contributed by atoms with van der Waals surface area (Å²) >= 11 is 0. The number of rotatable bonds is 5. The molecule has 0 aliphatic heterocycles. The molecule has 4 nitrogen and oxygen atoms in total. The molecule has 0 aliphatic rings. The first-order valence-corrected chi connectivity index (χ1v) is 2.91. The first-order valence-electron chi connectivity index (χ1n) is 2.91. The summed E-state index contributed by atoms with van der Waals surface area (Å²) < 4.78 is 4.72. The molecule has 0 fully saturated rings. The van der Waals surface area contributed by atoms with Crippen molar-refractivity contribution in [3.8, 4) is 0 Å². The number of aliphatic hydroxyl groups is 1. The molecule has 4 heteroatoms. The van der Waals surface area contributed by atoms with Crippen LogP contribution < -0.4 is 11.1 Å². The Bertz CT molecular complexity index is 60.9. The highest BCUT2D eigenvalue weighted by Gasteiger charge is 1.95. The number of nitrogens with two attached hydrogens (primary N) is 1. The Labute approximate surface area is 55.0 Å². The minimum Gasteiger partial charge on any atom is -0.383 e. The van der Waals surface area contributed by atoms with Crippen LogP contribution in [-0.4, -0.2) is 38.1 Å². The summed E-state index contributed by atoms with van der Waals surface area (Å²) in [6.07, 6.45) is -0.597. The number of ether oxygens (including phenoxy) is 1. The van der Waals surface area contributed by atoms with Gasteiger partial charge >= 0.3 is 0 Å². The molecule has 0 aromatic rings. The normalized spacial score (nSPS) is 13.7. The van der Waals surface area contributed by atoms with Gasteiger partial charge in [0.2, 0.25) is 0 Å². The summed E-state index contributed by atoms with van der Waals surface area (Å²) in [4.78, 5) is 0. The Morgan fingerprint density at radius 1 is 1.78 bits per heavy atom. The zero-order chi connectivity index (χ0) is 7.11. The van der Waals surface area contributed by atoms with Gasteiger partial charge in [0.1, 0.15) is 6.23 Å². The van der Waals surface area contributed by atoms with E-state index in [9.17, 15) is 0 Å². The van der Waals surface area contributed by atoms with Crippen LogP contribution in [0.5, 0.6) is 0 Å². The van der Waals surface area contributed by atoms with Crippen LogP contribution >= 0.6 is 0 Å². The van der Waals surface area contributed by atoms with Gasteiger partial charge in [0.15, 0.2) is 0 Å². The van der Waals surface area contributed by atoms with Gasteiger partial charge in [0, 0.05) is 20.2 Å². The van der Waals surface area contributed by atoms with Gasteiger partial charge in [0.25, 0.3) is 0 Å². The fourth-order valence-corrected chi connectivity index (χ4v) is 0.411. The minimum absolute atomic E-state index is 0.240. The second kappa shape index (κ2) is 5.97. The van der Waals surface area contributed by atoms with Crippen LogP contribution in [0.2, 0.25) is 0 Å². The van der Waals surface area contributed by atoms with Crippen molar-refractivity contribution in [2.24, 2.45) is 5.73 Å². The van der Waals surface area contributed by atoms with Crippen LogP contribution in [0.25, 0.3) is 0 Å². The Morgan fingerprint density at radius 2 is 2.44 bits per heavy atom. The van der Waals surface area contributed by atoms with Gasteiger partial charge in [-0.3, -0.25) is 5.32 Å². The van der Waals surface area contributed by atoms with Crippen LogP contribution in [0.15, 0.2) is 0 Å². The van der Waals surface area contributed by atoms with Crippen molar-refractivity contribution in [3.63, 3.8) is 0 Å². The lowest BCUT2D eigenvalue weighted by Crippen LogP contribution is -2.37. The van der Waals surface area contributed by atoms with E-state index >= 15 is 0 Å². The number of nitrogens with one attached hydrogen (secondary N) is 1. The summed E-state index contributed by atoms with van der Waals surface area (Å²) in [5.41, 5.74) is 5.10. The third-order valence-corrected chi connectivity index (χ3v) is 0.909. The third-order valence-electron chi connectivity index (χ3n) is 0.909. The standard InChI is InChI=1S/C5H14N2O2/c1-9-3-2-7-5(8)4-6/h5,7-8H,2-4,6H2,1H3. The summed E-state index contributed by atoms with van der Waals surface area (Å²) in [5, 5.41) is 11.5. The molecule has 56 valence electrons. The molecule has 0 spiro atoms. The van der Waals surface area contributed by atoms with E-state index in [1.165, 1.54) is 0 Å². The second-order valence-electron chi connectivity index (χ2n) is 1.70. The summed E-state index contributed by atoms with van der Waals surface area (Å²) in [6, 6.07) is 0. The van der Waals surface area contributed by atoms with E-state index < -0.39 is 6.23 Å². The van der Waals surface area contributed by atoms with Gasteiger partial charge < -0.3 is 15.6 Å². The maximum absolute atomic E-state index is 8.79. The van der Waals surface area contributed by atoms with Crippen molar-refractivity contribution in [1.29, 1.82) is 0 Å². The van der Waals surface area contributed by atoms with Crippen molar-refractivity contribution in [2.45, 2.75) is 6.23 Å². The maximum Gasteiger partial charge on any atom is 0.117 e. The predicted octanol–water partition coefficient (Wildman–Crippen LogP) is -1.50. The number of methoxy groups -OCH3 is 1. The van der Waals surface area contributed by atoms with Crippen LogP contribution in [0, 0.1) is 0 Å². The van der Waals surface area contributed by atoms with Crippen molar-refractivity contribution < 1.29 is 9.84 Å².